The summed E-state index contributed by atoms with van der Waals surface area (Å²) < 4.78 is 8.84. The van der Waals surface area contributed by atoms with Gasteiger partial charge in [-0.15, -0.1) is 5.10 Å². The number of rotatable bonds is 6. The summed E-state index contributed by atoms with van der Waals surface area (Å²) in [5.41, 5.74) is 4.49. The van der Waals surface area contributed by atoms with E-state index in [9.17, 15) is 4.79 Å². The second-order valence-corrected chi connectivity index (χ2v) is 7.46. The van der Waals surface area contributed by atoms with Crippen molar-refractivity contribution >= 4 is 5.97 Å². The molecular formula is C25H20N6O2. The van der Waals surface area contributed by atoms with Gasteiger partial charge in [-0.25, -0.2) is 9.48 Å². The predicted molar refractivity (Wildman–Crippen MR) is 122 cm³/mol. The second kappa shape index (κ2) is 8.88. The molecule has 0 saturated heterocycles. The molecule has 0 unspecified atom stereocenters. The third-order valence-electron chi connectivity index (χ3n) is 5.15. The lowest BCUT2D eigenvalue weighted by molar-refractivity contribution is 0.0460. The number of para-hydroxylation sites is 2. The molecule has 0 spiro atoms. The molecule has 2 aromatic heterocycles. The second-order valence-electron chi connectivity index (χ2n) is 7.46. The number of aryl methyl sites for hydroxylation is 1. The monoisotopic (exact) mass is 436 g/mol. The minimum Gasteiger partial charge on any atom is -0.454 e. The molecule has 0 N–H and O–H groups in total. The fourth-order valence-corrected chi connectivity index (χ4v) is 3.43. The van der Waals surface area contributed by atoms with Gasteiger partial charge in [-0.3, -0.25) is 0 Å². The summed E-state index contributed by atoms with van der Waals surface area (Å²) in [6.07, 6.45) is 1.69. The van der Waals surface area contributed by atoms with Gasteiger partial charge in [-0.2, -0.15) is 9.78 Å². The predicted octanol–water partition coefficient (Wildman–Crippen LogP) is 4.18. The molecule has 0 amide bonds. The summed E-state index contributed by atoms with van der Waals surface area (Å²) in [6, 6.07) is 26.9. The van der Waals surface area contributed by atoms with Crippen LogP contribution in [0.15, 0.2) is 91.1 Å². The van der Waals surface area contributed by atoms with Gasteiger partial charge in [0.15, 0.2) is 12.4 Å². The van der Waals surface area contributed by atoms with Crippen molar-refractivity contribution in [3.8, 4) is 22.6 Å². The molecule has 0 fully saturated rings. The van der Waals surface area contributed by atoms with Gasteiger partial charge in [0.2, 0.25) is 0 Å². The fourth-order valence-electron chi connectivity index (χ4n) is 3.43. The van der Waals surface area contributed by atoms with E-state index in [1.54, 1.807) is 15.6 Å². The first-order valence-corrected chi connectivity index (χ1v) is 10.4. The Morgan fingerprint density at radius 3 is 2.24 bits per heavy atom. The molecule has 8 heteroatoms. The Morgan fingerprint density at radius 2 is 1.55 bits per heavy atom. The Balaban J connectivity index is 1.45. The molecule has 5 aromatic rings. The molecule has 0 radical (unpaired) electrons. The molecule has 0 bridgehead atoms. The third-order valence-corrected chi connectivity index (χ3v) is 5.15. The van der Waals surface area contributed by atoms with Crippen LogP contribution in [0.2, 0.25) is 0 Å². The molecular weight excluding hydrogens is 416 g/mol. The van der Waals surface area contributed by atoms with Gasteiger partial charge in [-0.1, -0.05) is 66.2 Å². The number of carbonyl (C=O) groups excluding carboxylic acids is 1. The van der Waals surface area contributed by atoms with Gasteiger partial charge in [0.05, 0.1) is 11.4 Å². The molecule has 8 nitrogen and oxygen atoms in total. The first-order valence-electron chi connectivity index (χ1n) is 10.4. The average Bonchev–Trinajstić information content (AvgIpc) is 3.52. The quantitative estimate of drug-likeness (QED) is 0.371. The zero-order valence-corrected chi connectivity index (χ0v) is 17.9. The zero-order chi connectivity index (χ0) is 22.6. The fraction of sp³-hybridized carbons (Fsp3) is 0.0800. The third kappa shape index (κ3) is 4.27. The molecule has 2 heterocycles. The Hall–Kier alpha value is -4.59. The van der Waals surface area contributed by atoms with E-state index in [2.05, 4.69) is 20.6 Å². The van der Waals surface area contributed by atoms with E-state index in [0.717, 1.165) is 22.5 Å². The number of tetrazole rings is 1. The van der Waals surface area contributed by atoms with Gasteiger partial charge in [-0.05, 0) is 41.6 Å². The van der Waals surface area contributed by atoms with Crippen LogP contribution < -0.4 is 0 Å². The highest BCUT2D eigenvalue weighted by Gasteiger charge is 2.21. The lowest BCUT2D eigenvalue weighted by Gasteiger charge is -2.06. The summed E-state index contributed by atoms with van der Waals surface area (Å²) in [7, 11) is 0. The number of benzene rings is 3. The molecule has 0 atom stereocenters. The van der Waals surface area contributed by atoms with E-state index in [1.165, 1.54) is 0 Å². The minimum absolute atomic E-state index is 0.0788. The maximum Gasteiger partial charge on any atom is 0.342 e. The molecule has 0 aliphatic heterocycles. The summed E-state index contributed by atoms with van der Waals surface area (Å²) in [5.74, 6) is -0.0859. The van der Waals surface area contributed by atoms with Crippen molar-refractivity contribution in [1.82, 2.24) is 30.0 Å². The summed E-state index contributed by atoms with van der Waals surface area (Å²) >= 11 is 0. The molecule has 0 saturated carbocycles. The Labute approximate surface area is 190 Å². The number of nitrogens with zero attached hydrogens (tertiary/aromatic N) is 6. The molecule has 5 rings (SSSR count). The summed E-state index contributed by atoms with van der Waals surface area (Å²) in [5, 5.41) is 16.4. The van der Waals surface area contributed by atoms with Crippen molar-refractivity contribution in [2.75, 3.05) is 0 Å². The SMILES string of the molecule is Cc1ccc(-c2nn(-c3ccccc3)cc2C(=O)OCc2nnnn2-c2ccccc2)cc1. The Bertz CT molecular complexity index is 1380. The highest BCUT2D eigenvalue weighted by molar-refractivity contribution is 5.96. The maximum atomic E-state index is 13.1. The van der Waals surface area contributed by atoms with E-state index in [1.807, 2.05) is 91.9 Å². The van der Waals surface area contributed by atoms with E-state index in [0.29, 0.717) is 17.1 Å². The van der Waals surface area contributed by atoms with Crippen LogP contribution in [-0.4, -0.2) is 36.0 Å². The number of ether oxygens (including phenoxy) is 1. The Morgan fingerprint density at radius 1 is 0.879 bits per heavy atom. The van der Waals surface area contributed by atoms with Crippen LogP contribution in [0, 0.1) is 6.92 Å². The van der Waals surface area contributed by atoms with Crippen LogP contribution >= 0.6 is 0 Å². The van der Waals surface area contributed by atoms with Crippen molar-refractivity contribution in [2.45, 2.75) is 13.5 Å². The summed E-state index contributed by atoms with van der Waals surface area (Å²) in [4.78, 5) is 13.1. The first-order chi connectivity index (χ1) is 16.2. The van der Waals surface area contributed by atoms with E-state index in [-0.39, 0.29) is 6.61 Å². The minimum atomic E-state index is -0.504. The lowest BCUT2D eigenvalue weighted by Crippen LogP contribution is -2.10. The number of hydrogen-bond donors (Lipinski definition) is 0. The van der Waals surface area contributed by atoms with Crippen molar-refractivity contribution in [3.63, 3.8) is 0 Å². The van der Waals surface area contributed by atoms with Crippen LogP contribution in [0.3, 0.4) is 0 Å². The zero-order valence-electron chi connectivity index (χ0n) is 17.9. The smallest absolute Gasteiger partial charge is 0.342 e. The molecule has 162 valence electrons. The molecule has 0 aliphatic rings. The molecule has 33 heavy (non-hydrogen) atoms. The number of hydrogen-bond acceptors (Lipinski definition) is 6. The van der Waals surface area contributed by atoms with Gasteiger partial charge in [0.25, 0.3) is 0 Å². The first kappa shape index (κ1) is 20.3. The van der Waals surface area contributed by atoms with E-state index >= 15 is 0 Å². The maximum absolute atomic E-state index is 13.1. The van der Waals surface area contributed by atoms with Crippen LogP contribution in [0.1, 0.15) is 21.7 Å². The van der Waals surface area contributed by atoms with Gasteiger partial charge < -0.3 is 4.74 Å². The van der Waals surface area contributed by atoms with Crippen molar-refractivity contribution in [2.24, 2.45) is 0 Å². The van der Waals surface area contributed by atoms with E-state index < -0.39 is 5.97 Å². The average molecular weight is 436 g/mol. The van der Waals surface area contributed by atoms with Crippen LogP contribution in [0.5, 0.6) is 0 Å². The van der Waals surface area contributed by atoms with Gasteiger partial charge in [0.1, 0.15) is 11.3 Å². The molecule has 0 aliphatic carbocycles. The number of carbonyl (C=O) groups is 1. The molecule has 3 aromatic carbocycles. The number of esters is 1. The van der Waals surface area contributed by atoms with Crippen LogP contribution in [0.4, 0.5) is 0 Å². The van der Waals surface area contributed by atoms with Crippen LogP contribution in [-0.2, 0) is 11.3 Å². The standard InChI is InChI=1S/C25H20N6O2/c1-18-12-14-19(15-13-18)24-22(16-30(27-24)20-8-4-2-5-9-20)25(32)33-17-23-26-28-29-31(23)21-10-6-3-7-11-21/h2-16H,17H2,1H3. The van der Waals surface area contributed by atoms with Crippen molar-refractivity contribution < 1.29 is 9.53 Å². The van der Waals surface area contributed by atoms with Crippen LogP contribution in [0.25, 0.3) is 22.6 Å². The summed E-state index contributed by atoms with van der Waals surface area (Å²) in [6.45, 7) is 1.93. The highest BCUT2D eigenvalue weighted by Crippen LogP contribution is 2.25. The van der Waals surface area contributed by atoms with Gasteiger partial charge >= 0.3 is 5.97 Å². The van der Waals surface area contributed by atoms with Crippen molar-refractivity contribution in [3.05, 3.63) is 108 Å². The largest absolute Gasteiger partial charge is 0.454 e. The van der Waals surface area contributed by atoms with E-state index in [4.69, 9.17) is 4.74 Å². The number of aromatic nitrogens is 6. The van der Waals surface area contributed by atoms with Crippen molar-refractivity contribution in [1.29, 1.82) is 0 Å². The highest BCUT2D eigenvalue weighted by atomic mass is 16.5. The lowest BCUT2D eigenvalue weighted by atomic mass is 10.1. The van der Waals surface area contributed by atoms with Gasteiger partial charge in [0, 0.05) is 11.8 Å². The Kier molecular flexibility index (Phi) is 5.47. The topological polar surface area (TPSA) is 87.7 Å². The normalized spacial score (nSPS) is 10.8.